The molecule has 1 aliphatic carbocycles. The molecule has 0 atom stereocenters. The Morgan fingerprint density at radius 3 is 2.74 bits per heavy atom. The summed E-state index contributed by atoms with van der Waals surface area (Å²) in [4.78, 5) is 12.8. The Bertz CT molecular complexity index is 1250. The fourth-order valence-corrected chi connectivity index (χ4v) is 3.35. The molecule has 3 aromatic heterocycles. The van der Waals surface area contributed by atoms with Gasteiger partial charge in [0.2, 0.25) is 0 Å². The van der Waals surface area contributed by atoms with Gasteiger partial charge in [0, 0.05) is 18.0 Å². The number of nitrogens with zero attached hydrogens (tertiary/aromatic N) is 5. The van der Waals surface area contributed by atoms with E-state index in [1.165, 1.54) is 6.07 Å². The highest BCUT2D eigenvalue weighted by atomic mass is 35.5. The summed E-state index contributed by atoms with van der Waals surface area (Å²) in [6.07, 6.45) is 5.34. The first-order valence-corrected chi connectivity index (χ1v) is 10.0. The molecule has 3 heterocycles. The fourth-order valence-electron chi connectivity index (χ4n) is 3.15. The van der Waals surface area contributed by atoms with Crippen molar-refractivity contribution in [2.24, 2.45) is 5.92 Å². The van der Waals surface area contributed by atoms with Gasteiger partial charge in [0.25, 0.3) is 5.78 Å². The summed E-state index contributed by atoms with van der Waals surface area (Å²) in [5, 5.41) is 4.81. The first kappa shape index (κ1) is 19.6. The second kappa shape index (κ2) is 8.07. The summed E-state index contributed by atoms with van der Waals surface area (Å²) in [5.74, 6) is 1.44. The summed E-state index contributed by atoms with van der Waals surface area (Å²) in [6.45, 7) is -2.48. The number of halogens is 3. The van der Waals surface area contributed by atoms with Crippen LogP contribution in [0.4, 0.5) is 8.78 Å². The second-order valence-electron chi connectivity index (χ2n) is 7.11. The van der Waals surface area contributed by atoms with Gasteiger partial charge in [-0.2, -0.15) is 18.3 Å². The van der Waals surface area contributed by atoms with Crippen LogP contribution < -0.4 is 9.47 Å². The molecule has 0 aliphatic heterocycles. The molecule has 10 heteroatoms. The molecule has 4 aromatic rings. The van der Waals surface area contributed by atoms with Gasteiger partial charge in [-0.05, 0) is 55.2 Å². The van der Waals surface area contributed by atoms with Crippen LogP contribution in [-0.4, -0.2) is 37.8 Å². The lowest BCUT2D eigenvalue weighted by molar-refractivity contribution is -0.0515. The van der Waals surface area contributed by atoms with Crippen LogP contribution in [0.2, 0.25) is 5.15 Å². The average Bonchev–Trinajstić information content (AvgIpc) is 3.49. The summed E-state index contributed by atoms with van der Waals surface area (Å²) in [6, 6.07) is 10.1. The number of ether oxygens (including phenoxy) is 2. The molecular weight excluding hydrogens is 428 g/mol. The minimum absolute atomic E-state index is 0.00822. The number of fused-ring (bicyclic) bond motifs is 1. The zero-order chi connectivity index (χ0) is 21.4. The highest BCUT2D eigenvalue weighted by Gasteiger charge is 2.23. The van der Waals surface area contributed by atoms with Gasteiger partial charge in [-0.15, -0.1) is 5.10 Å². The third kappa shape index (κ3) is 4.13. The van der Waals surface area contributed by atoms with E-state index in [1.54, 1.807) is 47.2 Å². The van der Waals surface area contributed by atoms with Crippen molar-refractivity contribution in [1.82, 2.24) is 24.6 Å². The molecule has 0 radical (unpaired) electrons. The minimum Gasteiger partial charge on any atom is -0.489 e. The largest absolute Gasteiger partial charge is 0.489 e. The van der Waals surface area contributed by atoms with E-state index in [-0.39, 0.29) is 16.7 Å². The zero-order valence-electron chi connectivity index (χ0n) is 16.1. The quantitative estimate of drug-likeness (QED) is 0.378. The van der Waals surface area contributed by atoms with Gasteiger partial charge in [-0.25, -0.2) is 9.97 Å². The number of hydrogen-bond acceptors (Lipinski definition) is 6. The smallest absolute Gasteiger partial charge is 0.387 e. The third-order valence-electron chi connectivity index (χ3n) is 4.87. The first-order chi connectivity index (χ1) is 15.1. The molecule has 1 aromatic carbocycles. The number of aromatic nitrogens is 5. The normalized spacial score (nSPS) is 13.7. The van der Waals surface area contributed by atoms with Crippen LogP contribution in [0, 0.1) is 5.92 Å². The van der Waals surface area contributed by atoms with Crippen LogP contribution in [0.3, 0.4) is 0 Å². The maximum Gasteiger partial charge on any atom is 0.387 e. The van der Waals surface area contributed by atoms with E-state index in [1.807, 2.05) is 0 Å². The molecule has 0 amide bonds. The number of rotatable bonds is 7. The van der Waals surface area contributed by atoms with Gasteiger partial charge in [0.15, 0.2) is 17.3 Å². The van der Waals surface area contributed by atoms with Crippen molar-refractivity contribution in [1.29, 1.82) is 0 Å². The van der Waals surface area contributed by atoms with Crippen molar-refractivity contribution in [3.63, 3.8) is 0 Å². The fraction of sp³-hybridized carbons (Fsp3) is 0.238. The van der Waals surface area contributed by atoms with Crippen LogP contribution in [0.1, 0.15) is 12.8 Å². The molecule has 7 nitrogen and oxygen atoms in total. The van der Waals surface area contributed by atoms with E-state index >= 15 is 0 Å². The number of hydrogen-bond donors (Lipinski definition) is 0. The van der Waals surface area contributed by atoms with Crippen LogP contribution in [-0.2, 0) is 0 Å². The van der Waals surface area contributed by atoms with E-state index in [0.29, 0.717) is 40.9 Å². The number of alkyl halides is 2. The monoisotopic (exact) mass is 443 g/mol. The molecule has 1 aliphatic rings. The average molecular weight is 444 g/mol. The van der Waals surface area contributed by atoms with Gasteiger partial charge in [-0.1, -0.05) is 11.6 Å². The van der Waals surface area contributed by atoms with Crippen molar-refractivity contribution in [3.8, 4) is 34.1 Å². The molecular formula is C21H16ClF2N5O2. The van der Waals surface area contributed by atoms with Crippen molar-refractivity contribution >= 4 is 17.4 Å². The highest BCUT2D eigenvalue weighted by molar-refractivity contribution is 6.31. The third-order valence-corrected chi connectivity index (χ3v) is 5.17. The Labute approximate surface area is 180 Å². The lowest BCUT2D eigenvalue weighted by Gasteiger charge is -2.14. The van der Waals surface area contributed by atoms with Gasteiger partial charge < -0.3 is 9.47 Å². The summed E-state index contributed by atoms with van der Waals surface area (Å²) in [5.41, 5.74) is 1.92. The van der Waals surface area contributed by atoms with Crippen LogP contribution >= 0.6 is 11.6 Å². The van der Waals surface area contributed by atoms with Gasteiger partial charge in [0.1, 0.15) is 5.15 Å². The van der Waals surface area contributed by atoms with E-state index in [9.17, 15) is 8.78 Å². The van der Waals surface area contributed by atoms with Crippen LogP contribution in [0.5, 0.6) is 11.5 Å². The summed E-state index contributed by atoms with van der Waals surface area (Å²) >= 11 is 6.18. The molecule has 0 bridgehead atoms. The molecule has 0 N–H and O–H groups in total. The van der Waals surface area contributed by atoms with E-state index in [2.05, 4.69) is 24.8 Å². The standard InChI is InChI=1S/C21H16ClF2N5O2/c22-18-14(2-1-8-25-18)19-27-21-26-9-7-15(29(21)28-19)13-5-6-16(31-20(23)24)17(10-13)30-11-12-3-4-12/h1-2,5-10,12,20H,3-4,11H2. The minimum atomic E-state index is -2.94. The SMILES string of the molecule is FC(F)Oc1ccc(-c2ccnc3nc(-c4cccnc4Cl)nn23)cc1OCC1CC1. The number of pyridine rings is 1. The summed E-state index contributed by atoms with van der Waals surface area (Å²) < 4.78 is 37.6. The zero-order valence-corrected chi connectivity index (χ0v) is 16.8. The maximum absolute atomic E-state index is 12.8. The molecule has 0 spiro atoms. The lowest BCUT2D eigenvalue weighted by atomic mass is 10.1. The predicted molar refractivity (Wildman–Crippen MR) is 109 cm³/mol. The molecule has 5 rings (SSSR count). The second-order valence-corrected chi connectivity index (χ2v) is 7.47. The number of benzene rings is 1. The van der Waals surface area contributed by atoms with Crippen molar-refractivity contribution in [3.05, 3.63) is 53.9 Å². The Kier molecular flexibility index (Phi) is 5.11. The Balaban J connectivity index is 1.56. The maximum atomic E-state index is 12.8. The lowest BCUT2D eigenvalue weighted by Crippen LogP contribution is -2.06. The van der Waals surface area contributed by atoms with E-state index in [0.717, 1.165) is 12.8 Å². The Hall–Kier alpha value is -3.33. The van der Waals surface area contributed by atoms with E-state index in [4.69, 9.17) is 16.3 Å². The molecule has 1 saturated carbocycles. The van der Waals surface area contributed by atoms with Crippen LogP contribution in [0.15, 0.2) is 48.8 Å². The Morgan fingerprint density at radius 1 is 1.10 bits per heavy atom. The van der Waals surface area contributed by atoms with Crippen molar-refractivity contribution < 1.29 is 18.3 Å². The summed E-state index contributed by atoms with van der Waals surface area (Å²) in [7, 11) is 0. The topological polar surface area (TPSA) is 74.4 Å². The molecule has 31 heavy (non-hydrogen) atoms. The van der Waals surface area contributed by atoms with Gasteiger partial charge in [0.05, 0.1) is 17.9 Å². The van der Waals surface area contributed by atoms with Crippen molar-refractivity contribution in [2.45, 2.75) is 19.5 Å². The predicted octanol–water partition coefficient (Wildman–Crippen LogP) is 4.90. The van der Waals surface area contributed by atoms with E-state index < -0.39 is 6.61 Å². The first-order valence-electron chi connectivity index (χ1n) is 9.63. The van der Waals surface area contributed by atoms with Crippen LogP contribution in [0.25, 0.3) is 28.4 Å². The highest BCUT2D eigenvalue weighted by Crippen LogP contribution is 2.36. The molecule has 0 unspecified atom stereocenters. The molecule has 158 valence electrons. The van der Waals surface area contributed by atoms with Gasteiger partial charge >= 0.3 is 6.61 Å². The Morgan fingerprint density at radius 2 is 1.97 bits per heavy atom. The van der Waals surface area contributed by atoms with Crippen molar-refractivity contribution in [2.75, 3.05) is 6.61 Å². The van der Waals surface area contributed by atoms with Gasteiger partial charge in [-0.3, -0.25) is 0 Å². The molecule has 0 saturated heterocycles. The molecule has 1 fully saturated rings.